The lowest BCUT2D eigenvalue weighted by Crippen LogP contribution is -2.20. The minimum absolute atomic E-state index is 0.0370. The summed E-state index contributed by atoms with van der Waals surface area (Å²) in [5.74, 6) is 2.32. The van der Waals surface area contributed by atoms with Gasteiger partial charge < -0.3 is 16.2 Å². The molecule has 3 atom stereocenters. The second-order valence-corrected chi connectivity index (χ2v) is 5.96. The Morgan fingerprint density at radius 1 is 1.37 bits per heavy atom. The lowest BCUT2D eigenvalue weighted by atomic mass is 9.86. The number of hydrogen-bond acceptors (Lipinski definition) is 3. The minimum atomic E-state index is 0.0370. The molecule has 0 heterocycles. The number of nitrogen functional groups attached to an aromatic ring is 1. The molecular weight excluding hydrogens is 240 g/mol. The number of phenols is 1. The summed E-state index contributed by atoms with van der Waals surface area (Å²) in [7, 11) is 0. The van der Waals surface area contributed by atoms with Crippen molar-refractivity contribution < 1.29 is 9.90 Å². The predicted molar refractivity (Wildman–Crippen MR) is 74.7 cm³/mol. The number of carbonyl (C=O) groups excluding carboxylic acids is 1. The van der Waals surface area contributed by atoms with E-state index < -0.39 is 0 Å². The van der Waals surface area contributed by atoms with E-state index in [2.05, 4.69) is 5.32 Å². The van der Waals surface area contributed by atoms with Gasteiger partial charge in [0.1, 0.15) is 5.75 Å². The van der Waals surface area contributed by atoms with Gasteiger partial charge in [0.05, 0.1) is 11.4 Å². The van der Waals surface area contributed by atoms with Crippen LogP contribution in [0.5, 0.6) is 5.75 Å². The summed E-state index contributed by atoms with van der Waals surface area (Å²) in [6.07, 6.45) is 5.78. The molecule has 2 saturated carbocycles. The number of benzene rings is 1. The third-order valence-corrected chi connectivity index (χ3v) is 4.64. The fourth-order valence-corrected chi connectivity index (χ4v) is 3.73. The number of fused-ring (bicyclic) bond motifs is 2. The van der Waals surface area contributed by atoms with Crippen molar-refractivity contribution in [2.75, 3.05) is 11.1 Å². The summed E-state index contributed by atoms with van der Waals surface area (Å²) in [4.78, 5) is 12.1. The second kappa shape index (κ2) is 4.76. The van der Waals surface area contributed by atoms with E-state index in [9.17, 15) is 9.90 Å². The third kappa shape index (κ3) is 2.53. The molecule has 3 rings (SSSR count). The highest BCUT2D eigenvalue weighted by atomic mass is 16.3. The van der Waals surface area contributed by atoms with Gasteiger partial charge in [-0.2, -0.15) is 0 Å². The fraction of sp³-hybridized carbons (Fsp3) is 0.533. The van der Waals surface area contributed by atoms with Crippen LogP contribution < -0.4 is 11.1 Å². The fourth-order valence-electron chi connectivity index (χ4n) is 3.73. The first-order chi connectivity index (χ1) is 9.11. The van der Waals surface area contributed by atoms with Crippen molar-refractivity contribution in [2.24, 2.45) is 17.8 Å². The first kappa shape index (κ1) is 12.3. The zero-order chi connectivity index (χ0) is 13.4. The van der Waals surface area contributed by atoms with Gasteiger partial charge in [-0.3, -0.25) is 4.79 Å². The first-order valence-electron chi connectivity index (χ1n) is 7.00. The van der Waals surface area contributed by atoms with Crippen LogP contribution in [0.4, 0.5) is 11.4 Å². The van der Waals surface area contributed by atoms with E-state index >= 15 is 0 Å². The number of anilines is 2. The van der Waals surface area contributed by atoms with Gasteiger partial charge in [-0.25, -0.2) is 0 Å². The van der Waals surface area contributed by atoms with Crippen LogP contribution in [0.25, 0.3) is 0 Å². The van der Waals surface area contributed by atoms with E-state index in [1.807, 2.05) is 0 Å². The lowest BCUT2D eigenvalue weighted by Gasteiger charge is -2.21. The molecule has 4 N–H and O–H groups in total. The topological polar surface area (TPSA) is 75.3 Å². The van der Waals surface area contributed by atoms with E-state index in [0.29, 0.717) is 23.7 Å². The Labute approximate surface area is 113 Å². The van der Waals surface area contributed by atoms with Gasteiger partial charge in [-0.15, -0.1) is 0 Å². The van der Waals surface area contributed by atoms with Gasteiger partial charge in [0.2, 0.25) is 5.91 Å². The Hall–Kier alpha value is -1.71. The maximum atomic E-state index is 12.1. The van der Waals surface area contributed by atoms with Crippen LogP contribution in [0.1, 0.15) is 32.1 Å². The summed E-state index contributed by atoms with van der Waals surface area (Å²) in [5, 5.41) is 12.1. The van der Waals surface area contributed by atoms with Crippen LogP contribution in [-0.4, -0.2) is 11.0 Å². The van der Waals surface area contributed by atoms with Crippen LogP contribution in [0.3, 0.4) is 0 Å². The van der Waals surface area contributed by atoms with E-state index in [-0.39, 0.29) is 11.7 Å². The van der Waals surface area contributed by atoms with Crippen molar-refractivity contribution in [3.63, 3.8) is 0 Å². The molecule has 1 aromatic rings. The first-order valence-corrected chi connectivity index (χ1v) is 7.00. The molecule has 0 radical (unpaired) electrons. The van der Waals surface area contributed by atoms with Crippen LogP contribution in [0.15, 0.2) is 18.2 Å². The van der Waals surface area contributed by atoms with Crippen molar-refractivity contribution in [1.82, 2.24) is 0 Å². The summed E-state index contributed by atoms with van der Waals surface area (Å²) in [6, 6.07) is 4.63. The number of nitrogens with one attached hydrogen (secondary N) is 1. The molecule has 0 saturated heterocycles. The Morgan fingerprint density at radius 2 is 2.21 bits per heavy atom. The van der Waals surface area contributed by atoms with Gasteiger partial charge >= 0.3 is 0 Å². The van der Waals surface area contributed by atoms with Crippen LogP contribution in [0.2, 0.25) is 0 Å². The maximum absolute atomic E-state index is 12.1. The average molecular weight is 260 g/mol. The van der Waals surface area contributed by atoms with Gasteiger partial charge in [0.25, 0.3) is 0 Å². The number of amides is 1. The Bertz CT molecular complexity index is 501. The number of carbonyl (C=O) groups is 1. The van der Waals surface area contributed by atoms with Crippen molar-refractivity contribution in [3.8, 4) is 5.75 Å². The quantitative estimate of drug-likeness (QED) is 0.578. The van der Waals surface area contributed by atoms with E-state index in [1.165, 1.54) is 37.8 Å². The SMILES string of the molecule is Nc1cc(O)ccc1NC(=O)CC1CC2CCC1C2. The molecule has 0 aromatic heterocycles. The Kier molecular flexibility index (Phi) is 3.09. The summed E-state index contributed by atoms with van der Waals surface area (Å²) < 4.78 is 0. The minimum Gasteiger partial charge on any atom is -0.508 e. The van der Waals surface area contributed by atoms with Crippen molar-refractivity contribution in [1.29, 1.82) is 0 Å². The zero-order valence-corrected chi connectivity index (χ0v) is 10.9. The molecule has 1 aromatic carbocycles. The Morgan fingerprint density at radius 3 is 2.84 bits per heavy atom. The molecule has 4 heteroatoms. The monoisotopic (exact) mass is 260 g/mol. The van der Waals surface area contributed by atoms with Gasteiger partial charge in [0, 0.05) is 12.5 Å². The van der Waals surface area contributed by atoms with Crippen molar-refractivity contribution in [3.05, 3.63) is 18.2 Å². The molecule has 2 aliphatic rings. The molecule has 102 valence electrons. The molecule has 2 aliphatic carbocycles. The van der Waals surface area contributed by atoms with Gasteiger partial charge in [-0.05, 0) is 49.1 Å². The summed E-state index contributed by atoms with van der Waals surface area (Å²) >= 11 is 0. The lowest BCUT2D eigenvalue weighted by molar-refractivity contribution is -0.117. The number of rotatable bonds is 3. The number of hydrogen-bond donors (Lipinski definition) is 3. The number of aromatic hydroxyl groups is 1. The average Bonchev–Trinajstić information content (AvgIpc) is 2.95. The molecule has 3 unspecified atom stereocenters. The van der Waals surface area contributed by atoms with E-state index in [1.54, 1.807) is 6.07 Å². The predicted octanol–water partition coefficient (Wildman–Crippen LogP) is 2.74. The highest BCUT2D eigenvalue weighted by Crippen LogP contribution is 2.49. The van der Waals surface area contributed by atoms with Crippen LogP contribution in [-0.2, 0) is 4.79 Å². The number of nitrogens with two attached hydrogens (primary N) is 1. The highest BCUT2D eigenvalue weighted by molar-refractivity contribution is 5.94. The standard InChI is InChI=1S/C15H20N2O2/c16-13-8-12(18)3-4-14(13)17-15(19)7-11-6-9-1-2-10(11)5-9/h3-4,8-11,18H,1-2,5-7,16H2,(H,17,19). The Balaban J connectivity index is 1.59. The van der Waals surface area contributed by atoms with E-state index in [0.717, 1.165) is 11.8 Å². The molecular formula is C15H20N2O2. The van der Waals surface area contributed by atoms with Gasteiger partial charge in [0.15, 0.2) is 0 Å². The van der Waals surface area contributed by atoms with Crippen molar-refractivity contribution >= 4 is 17.3 Å². The normalized spacial score (nSPS) is 28.5. The molecule has 1 amide bonds. The summed E-state index contributed by atoms with van der Waals surface area (Å²) in [6.45, 7) is 0. The zero-order valence-electron chi connectivity index (χ0n) is 10.9. The van der Waals surface area contributed by atoms with E-state index in [4.69, 9.17) is 5.73 Å². The maximum Gasteiger partial charge on any atom is 0.224 e. The summed E-state index contributed by atoms with van der Waals surface area (Å²) in [5.41, 5.74) is 6.76. The third-order valence-electron chi connectivity index (χ3n) is 4.64. The van der Waals surface area contributed by atoms with Crippen LogP contribution >= 0.6 is 0 Å². The molecule has 4 nitrogen and oxygen atoms in total. The smallest absolute Gasteiger partial charge is 0.224 e. The molecule has 0 aliphatic heterocycles. The molecule has 2 fully saturated rings. The van der Waals surface area contributed by atoms with Gasteiger partial charge in [-0.1, -0.05) is 6.42 Å². The largest absolute Gasteiger partial charge is 0.508 e. The van der Waals surface area contributed by atoms with Crippen LogP contribution in [0, 0.1) is 17.8 Å². The second-order valence-electron chi connectivity index (χ2n) is 5.96. The molecule has 0 spiro atoms. The highest BCUT2D eigenvalue weighted by Gasteiger charge is 2.40. The molecule has 2 bridgehead atoms. The molecule has 19 heavy (non-hydrogen) atoms. The van der Waals surface area contributed by atoms with Crippen molar-refractivity contribution in [2.45, 2.75) is 32.1 Å². The number of phenolic OH excluding ortho intramolecular Hbond substituents is 1.